The summed E-state index contributed by atoms with van der Waals surface area (Å²) in [5.74, 6) is 1.65. The minimum absolute atomic E-state index is 0.379. The molecule has 0 aliphatic carbocycles. The molecule has 0 radical (unpaired) electrons. The number of hydrogen-bond donors (Lipinski definition) is 0. The first kappa shape index (κ1) is 9.60. The van der Waals surface area contributed by atoms with Gasteiger partial charge in [-0.1, -0.05) is 5.92 Å². The molecule has 3 heteroatoms. The second kappa shape index (κ2) is 3.03. The van der Waals surface area contributed by atoms with Gasteiger partial charge in [0, 0.05) is 19.4 Å². The third-order valence-corrected chi connectivity index (χ3v) is 2.06. The fourth-order valence-corrected chi connectivity index (χ4v) is 1.43. The lowest BCUT2D eigenvalue weighted by Crippen LogP contribution is -2.38. The Balaban J connectivity index is 2.52. The maximum atomic E-state index is 11.6. The van der Waals surface area contributed by atoms with E-state index in [1.807, 2.05) is 0 Å². The predicted molar refractivity (Wildman–Crippen MR) is 54.5 cm³/mol. The third kappa shape index (κ3) is 1.66. The Morgan fingerprint density at radius 3 is 2.73 bits per heavy atom. The number of terminal acetylenes is 1. The summed E-state index contributed by atoms with van der Waals surface area (Å²) in [6.45, 7) is 3.37. The molecule has 3 nitrogen and oxygen atoms in total. The fraction of sp³-hybridized carbons (Fsp3) is 0.250. The molecule has 0 N–H and O–H groups in total. The van der Waals surface area contributed by atoms with E-state index in [0.717, 1.165) is 0 Å². The van der Waals surface area contributed by atoms with Crippen molar-refractivity contribution < 1.29 is 14.3 Å². The van der Waals surface area contributed by atoms with E-state index in [0.29, 0.717) is 16.9 Å². The van der Waals surface area contributed by atoms with E-state index in [4.69, 9.17) is 15.9 Å². The molecule has 1 aliphatic heterocycles. The zero-order chi connectivity index (χ0) is 11.1. The van der Waals surface area contributed by atoms with E-state index in [-0.39, 0.29) is 0 Å². The number of ether oxygens (including phenoxy) is 2. The van der Waals surface area contributed by atoms with Crippen LogP contribution in [0.2, 0.25) is 0 Å². The van der Waals surface area contributed by atoms with Gasteiger partial charge in [-0.15, -0.1) is 6.42 Å². The minimum atomic E-state index is -0.915. The molecular formula is C12H10O3. The van der Waals surface area contributed by atoms with E-state index >= 15 is 0 Å². The summed E-state index contributed by atoms with van der Waals surface area (Å²) >= 11 is 0. The van der Waals surface area contributed by atoms with Gasteiger partial charge in [-0.2, -0.15) is 0 Å². The molecule has 0 amide bonds. The number of carbonyl (C=O) groups excluding carboxylic acids is 1. The first-order valence-electron chi connectivity index (χ1n) is 4.55. The van der Waals surface area contributed by atoms with Crippen molar-refractivity contribution in [2.24, 2.45) is 0 Å². The number of benzene rings is 1. The Hall–Kier alpha value is -1.95. The SMILES string of the molecule is C#Cc1ccc2c(c1)C(=O)OC(C)(C)O2. The van der Waals surface area contributed by atoms with Gasteiger partial charge in [-0.3, -0.25) is 0 Å². The normalized spacial score (nSPS) is 17.0. The summed E-state index contributed by atoms with van der Waals surface area (Å²) in [7, 11) is 0. The molecule has 1 aliphatic rings. The Morgan fingerprint density at radius 2 is 2.07 bits per heavy atom. The van der Waals surface area contributed by atoms with Crippen LogP contribution in [0.4, 0.5) is 0 Å². The van der Waals surface area contributed by atoms with Crippen molar-refractivity contribution in [1.29, 1.82) is 0 Å². The van der Waals surface area contributed by atoms with Crippen molar-refractivity contribution in [3.05, 3.63) is 29.3 Å². The van der Waals surface area contributed by atoms with Crippen LogP contribution in [-0.2, 0) is 4.74 Å². The van der Waals surface area contributed by atoms with Crippen molar-refractivity contribution in [2.75, 3.05) is 0 Å². The minimum Gasteiger partial charge on any atom is -0.452 e. The van der Waals surface area contributed by atoms with Gasteiger partial charge in [-0.05, 0) is 18.2 Å². The van der Waals surface area contributed by atoms with E-state index in [1.54, 1.807) is 32.0 Å². The Kier molecular flexibility index (Phi) is 1.94. The van der Waals surface area contributed by atoms with Gasteiger partial charge in [0.2, 0.25) is 5.79 Å². The monoisotopic (exact) mass is 202 g/mol. The molecule has 0 unspecified atom stereocenters. The second-order valence-corrected chi connectivity index (χ2v) is 3.75. The van der Waals surface area contributed by atoms with Crippen molar-refractivity contribution in [1.82, 2.24) is 0 Å². The molecule has 0 atom stereocenters. The molecule has 0 saturated heterocycles. The molecule has 76 valence electrons. The number of rotatable bonds is 0. The summed E-state index contributed by atoms with van der Waals surface area (Å²) in [5, 5.41) is 0. The van der Waals surface area contributed by atoms with Gasteiger partial charge in [0.05, 0.1) is 0 Å². The molecule has 0 bridgehead atoms. The van der Waals surface area contributed by atoms with Gasteiger partial charge in [-0.25, -0.2) is 4.79 Å². The molecule has 0 fully saturated rings. The highest BCUT2D eigenvalue weighted by molar-refractivity contribution is 5.94. The Bertz CT molecular complexity index is 466. The summed E-state index contributed by atoms with van der Waals surface area (Å²) in [6, 6.07) is 5.01. The molecular weight excluding hydrogens is 192 g/mol. The van der Waals surface area contributed by atoms with Crippen molar-refractivity contribution >= 4 is 5.97 Å². The number of carbonyl (C=O) groups is 1. The van der Waals surface area contributed by atoms with Gasteiger partial charge in [0.1, 0.15) is 11.3 Å². The molecule has 1 aromatic rings. The van der Waals surface area contributed by atoms with Crippen molar-refractivity contribution in [3.63, 3.8) is 0 Å². The zero-order valence-electron chi connectivity index (χ0n) is 8.53. The zero-order valence-corrected chi connectivity index (χ0v) is 8.53. The maximum absolute atomic E-state index is 11.6. The van der Waals surface area contributed by atoms with Crippen LogP contribution in [0.25, 0.3) is 0 Å². The van der Waals surface area contributed by atoms with Crippen LogP contribution >= 0.6 is 0 Å². The molecule has 1 heterocycles. The lowest BCUT2D eigenvalue weighted by Gasteiger charge is -2.31. The average molecular weight is 202 g/mol. The van der Waals surface area contributed by atoms with Gasteiger partial charge in [0.25, 0.3) is 0 Å². The number of esters is 1. The lowest BCUT2D eigenvalue weighted by molar-refractivity contribution is -0.127. The van der Waals surface area contributed by atoms with Crippen LogP contribution in [0.15, 0.2) is 18.2 Å². The quantitative estimate of drug-likeness (QED) is 0.476. The van der Waals surface area contributed by atoms with Crippen LogP contribution in [-0.4, -0.2) is 11.8 Å². The first-order chi connectivity index (χ1) is 7.02. The summed E-state index contributed by atoms with van der Waals surface area (Å²) < 4.78 is 10.5. The van der Waals surface area contributed by atoms with E-state index in [9.17, 15) is 4.79 Å². The van der Waals surface area contributed by atoms with E-state index in [2.05, 4.69) is 5.92 Å². The summed E-state index contributed by atoms with van der Waals surface area (Å²) in [6.07, 6.45) is 5.24. The highest BCUT2D eigenvalue weighted by Crippen LogP contribution is 2.31. The van der Waals surface area contributed by atoms with Crippen LogP contribution < -0.4 is 4.74 Å². The predicted octanol–water partition coefficient (Wildman–Crippen LogP) is 1.95. The summed E-state index contributed by atoms with van der Waals surface area (Å²) in [4.78, 5) is 11.6. The van der Waals surface area contributed by atoms with Gasteiger partial charge in [0.15, 0.2) is 0 Å². The van der Waals surface area contributed by atoms with E-state index in [1.165, 1.54) is 0 Å². The molecule has 1 aromatic carbocycles. The van der Waals surface area contributed by atoms with Crippen molar-refractivity contribution in [2.45, 2.75) is 19.6 Å². The maximum Gasteiger partial charge on any atom is 0.345 e. The molecule has 0 spiro atoms. The standard InChI is InChI=1S/C12H10O3/c1-4-8-5-6-10-9(7-8)11(13)15-12(2,3)14-10/h1,5-7H,2-3H3. The smallest absolute Gasteiger partial charge is 0.345 e. The fourth-order valence-electron chi connectivity index (χ4n) is 1.43. The van der Waals surface area contributed by atoms with Crippen LogP contribution in [0.3, 0.4) is 0 Å². The lowest BCUT2D eigenvalue weighted by atomic mass is 10.1. The summed E-state index contributed by atoms with van der Waals surface area (Å²) in [5.41, 5.74) is 1.01. The van der Waals surface area contributed by atoms with E-state index < -0.39 is 11.8 Å². The van der Waals surface area contributed by atoms with Gasteiger partial charge >= 0.3 is 5.97 Å². The van der Waals surface area contributed by atoms with Crippen LogP contribution in [0, 0.1) is 12.3 Å². The molecule has 0 saturated carbocycles. The third-order valence-electron chi connectivity index (χ3n) is 2.06. The van der Waals surface area contributed by atoms with Crippen LogP contribution in [0.1, 0.15) is 29.8 Å². The van der Waals surface area contributed by atoms with Crippen molar-refractivity contribution in [3.8, 4) is 18.1 Å². The van der Waals surface area contributed by atoms with Crippen LogP contribution in [0.5, 0.6) is 5.75 Å². The topological polar surface area (TPSA) is 35.5 Å². The second-order valence-electron chi connectivity index (χ2n) is 3.75. The average Bonchev–Trinajstić information content (AvgIpc) is 2.15. The van der Waals surface area contributed by atoms with Gasteiger partial charge < -0.3 is 9.47 Å². The molecule has 15 heavy (non-hydrogen) atoms. The molecule has 2 rings (SSSR count). The number of cyclic esters (lactones) is 1. The highest BCUT2D eigenvalue weighted by atomic mass is 16.7. The Morgan fingerprint density at radius 1 is 1.33 bits per heavy atom. The largest absolute Gasteiger partial charge is 0.452 e. The highest BCUT2D eigenvalue weighted by Gasteiger charge is 2.33. The Labute approximate surface area is 88.0 Å². The number of fused-ring (bicyclic) bond motifs is 1. The number of hydrogen-bond acceptors (Lipinski definition) is 3. The first-order valence-corrected chi connectivity index (χ1v) is 4.55. The molecule has 0 aromatic heterocycles.